The number of piperidine rings is 1. The molecule has 92 valence electrons. The van der Waals surface area contributed by atoms with Crippen molar-refractivity contribution < 1.29 is 9.53 Å². The number of carbonyl (C=O) groups excluding carboxylic acids is 1. The van der Waals surface area contributed by atoms with Crippen molar-refractivity contribution in [3.05, 3.63) is 0 Å². The smallest absolute Gasteiger partial charge is 0.225 e. The lowest BCUT2D eigenvalue weighted by Gasteiger charge is -2.32. The highest BCUT2D eigenvalue weighted by molar-refractivity contribution is 5.81. The van der Waals surface area contributed by atoms with Gasteiger partial charge in [0, 0.05) is 25.6 Å². The minimum atomic E-state index is 0.309. The second kappa shape index (κ2) is 5.15. The number of rotatable bonds is 4. The van der Waals surface area contributed by atoms with E-state index in [1.165, 1.54) is 0 Å². The Morgan fingerprint density at radius 2 is 2.06 bits per heavy atom. The summed E-state index contributed by atoms with van der Waals surface area (Å²) in [5.41, 5.74) is 5.39. The van der Waals surface area contributed by atoms with Crippen LogP contribution in [0.25, 0.3) is 0 Å². The molecule has 1 saturated heterocycles. The first kappa shape index (κ1) is 11.9. The van der Waals surface area contributed by atoms with Crippen LogP contribution in [0, 0.1) is 11.8 Å². The first-order valence-corrected chi connectivity index (χ1v) is 6.33. The van der Waals surface area contributed by atoms with Gasteiger partial charge in [0.05, 0.1) is 12.7 Å². The van der Waals surface area contributed by atoms with Gasteiger partial charge in [-0.05, 0) is 25.2 Å². The Kier molecular flexibility index (Phi) is 3.82. The van der Waals surface area contributed by atoms with E-state index in [0.717, 1.165) is 32.4 Å². The predicted octanol–water partition coefficient (Wildman–Crippen LogP) is 0.609. The Hall–Kier alpha value is -0.610. The van der Waals surface area contributed by atoms with Crippen LogP contribution >= 0.6 is 0 Å². The van der Waals surface area contributed by atoms with Gasteiger partial charge in [0.25, 0.3) is 0 Å². The molecule has 4 nitrogen and oxygen atoms in total. The van der Waals surface area contributed by atoms with Crippen molar-refractivity contribution in [1.82, 2.24) is 4.90 Å². The van der Waals surface area contributed by atoms with Gasteiger partial charge in [0.2, 0.25) is 5.91 Å². The molecule has 1 aliphatic heterocycles. The standard InChI is InChI=1S/C12H22N2O2/c1-9-8-11(9)12(15)14-5-2-10(3-6-14)16-7-4-13/h9-11H,2-8,13H2,1H3. The van der Waals surface area contributed by atoms with E-state index in [1.807, 2.05) is 4.90 Å². The Bertz CT molecular complexity index is 249. The van der Waals surface area contributed by atoms with E-state index in [-0.39, 0.29) is 0 Å². The molecule has 0 aromatic carbocycles. The van der Waals surface area contributed by atoms with Gasteiger partial charge in [0.15, 0.2) is 0 Å². The van der Waals surface area contributed by atoms with Gasteiger partial charge in [0.1, 0.15) is 0 Å². The molecule has 2 atom stereocenters. The molecule has 1 heterocycles. The van der Waals surface area contributed by atoms with Crippen LogP contribution in [0.15, 0.2) is 0 Å². The van der Waals surface area contributed by atoms with Gasteiger partial charge in [-0.15, -0.1) is 0 Å². The molecule has 2 fully saturated rings. The molecule has 16 heavy (non-hydrogen) atoms. The summed E-state index contributed by atoms with van der Waals surface area (Å²) in [7, 11) is 0. The molecule has 0 aromatic rings. The maximum absolute atomic E-state index is 12.0. The van der Waals surface area contributed by atoms with Crippen molar-refractivity contribution in [2.24, 2.45) is 17.6 Å². The molecule has 0 radical (unpaired) electrons. The number of carbonyl (C=O) groups is 1. The van der Waals surface area contributed by atoms with Gasteiger partial charge in [-0.25, -0.2) is 0 Å². The molecule has 1 aliphatic carbocycles. The number of nitrogens with two attached hydrogens (primary N) is 1. The Labute approximate surface area is 97.1 Å². The minimum Gasteiger partial charge on any atom is -0.377 e. The van der Waals surface area contributed by atoms with Gasteiger partial charge in [-0.1, -0.05) is 6.92 Å². The third-order valence-electron chi connectivity index (χ3n) is 3.65. The van der Waals surface area contributed by atoms with E-state index in [9.17, 15) is 4.79 Å². The number of amides is 1. The molecule has 4 heteroatoms. The first-order valence-electron chi connectivity index (χ1n) is 6.33. The van der Waals surface area contributed by atoms with Crippen molar-refractivity contribution in [3.8, 4) is 0 Å². The van der Waals surface area contributed by atoms with Crippen molar-refractivity contribution >= 4 is 5.91 Å². The number of likely N-dealkylation sites (tertiary alicyclic amines) is 1. The van der Waals surface area contributed by atoms with Crippen molar-refractivity contribution in [1.29, 1.82) is 0 Å². The van der Waals surface area contributed by atoms with Crippen LogP contribution in [0.2, 0.25) is 0 Å². The third-order valence-corrected chi connectivity index (χ3v) is 3.65. The number of ether oxygens (including phenoxy) is 1. The molecule has 1 saturated carbocycles. The average molecular weight is 226 g/mol. The topological polar surface area (TPSA) is 55.6 Å². The SMILES string of the molecule is CC1CC1C(=O)N1CCC(OCCN)CC1. The van der Waals surface area contributed by atoms with E-state index >= 15 is 0 Å². The zero-order valence-electron chi connectivity index (χ0n) is 10.0. The summed E-state index contributed by atoms with van der Waals surface area (Å²) < 4.78 is 5.59. The summed E-state index contributed by atoms with van der Waals surface area (Å²) in [4.78, 5) is 14.0. The van der Waals surface area contributed by atoms with E-state index in [0.29, 0.717) is 37.0 Å². The lowest BCUT2D eigenvalue weighted by atomic mass is 10.1. The normalized spacial score (nSPS) is 30.5. The molecule has 2 unspecified atom stereocenters. The quantitative estimate of drug-likeness (QED) is 0.764. The summed E-state index contributed by atoms with van der Waals surface area (Å²) in [6.07, 6.45) is 3.33. The van der Waals surface area contributed by atoms with Crippen LogP contribution in [0.4, 0.5) is 0 Å². The van der Waals surface area contributed by atoms with Gasteiger partial charge < -0.3 is 15.4 Å². The monoisotopic (exact) mass is 226 g/mol. The fraction of sp³-hybridized carbons (Fsp3) is 0.917. The van der Waals surface area contributed by atoms with Crippen molar-refractivity contribution in [3.63, 3.8) is 0 Å². The highest BCUT2D eigenvalue weighted by Gasteiger charge is 2.42. The summed E-state index contributed by atoms with van der Waals surface area (Å²) in [5.74, 6) is 1.30. The summed E-state index contributed by atoms with van der Waals surface area (Å²) in [5, 5.41) is 0. The van der Waals surface area contributed by atoms with Crippen molar-refractivity contribution in [2.45, 2.75) is 32.3 Å². The highest BCUT2D eigenvalue weighted by Crippen LogP contribution is 2.39. The van der Waals surface area contributed by atoms with Crippen molar-refractivity contribution in [2.75, 3.05) is 26.2 Å². The number of nitrogens with zero attached hydrogens (tertiary/aromatic N) is 1. The molecule has 2 N–H and O–H groups in total. The minimum absolute atomic E-state index is 0.309. The summed E-state index contributed by atoms with van der Waals surface area (Å²) >= 11 is 0. The molecule has 0 spiro atoms. The Balaban J connectivity index is 1.70. The lowest BCUT2D eigenvalue weighted by Crippen LogP contribution is -2.42. The molecular weight excluding hydrogens is 204 g/mol. The third kappa shape index (κ3) is 2.74. The highest BCUT2D eigenvalue weighted by atomic mass is 16.5. The van der Waals surface area contributed by atoms with Gasteiger partial charge in [-0.3, -0.25) is 4.79 Å². The molecule has 0 aromatic heterocycles. The van der Waals surface area contributed by atoms with E-state index in [2.05, 4.69) is 6.92 Å². The maximum Gasteiger partial charge on any atom is 0.225 e. The van der Waals surface area contributed by atoms with Crippen LogP contribution in [-0.2, 0) is 9.53 Å². The number of hydrogen-bond donors (Lipinski definition) is 1. The molecule has 2 aliphatic rings. The van der Waals surface area contributed by atoms with Crippen LogP contribution < -0.4 is 5.73 Å². The predicted molar refractivity (Wildman–Crippen MR) is 61.9 cm³/mol. The largest absolute Gasteiger partial charge is 0.377 e. The van der Waals surface area contributed by atoms with Crippen LogP contribution in [0.5, 0.6) is 0 Å². The van der Waals surface area contributed by atoms with Crippen LogP contribution in [-0.4, -0.2) is 43.2 Å². The lowest BCUT2D eigenvalue weighted by molar-refractivity contribution is -0.135. The number of hydrogen-bond acceptors (Lipinski definition) is 3. The van der Waals surface area contributed by atoms with E-state index in [1.54, 1.807) is 0 Å². The van der Waals surface area contributed by atoms with Crippen LogP contribution in [0.1, 0.15) is 26.2 Å². The van der Waals surface area contributed by atoms with Gasteiger partial charge >= 0.3 is 0 Å². The van der Waals surface area contributed by atoms with Crippen LogP contribution in [0.3, 0.4) is 0 Å². The second-order valence-electron chi connectivity index (χ2n) is 5.00. The molecule has 1 amide bonds. The van der Waals surface area contributed by atoms with Gasteiger partial charge in [-0.2, -0.15) is 0 Å². The summed E-state index contributed by atoms with van der Waals surface area (Å²) in [6.45, 7) is 5.09. The maximum atomic E-state index is 12.0. The molecule has 2 rings (SSSR count). The fourth-order valence-corrected chi connectivity index (χ4v) is 2.38. The Morgan fingerprint density at radius 1 is 1.44 bits per heavy atom. The molecule has 0 bridgehead atoms. The zero-order valence-corrected chi connectivity index (χ0v) is 10.0. The zero-order chi connectivity index (χ0) is 11.5. The first-order chi connectivity index (χ1) is 7.72. The Morgan fingerprint density at radius 3 is 2.56 bits per heavy atom. The molecular formula is C12H22N2O2. The summed E-state index contributed by atoms with van der Waals surface area (Å²) in [6, 6.07) is 0. The average Bonchev–Trinajstić information content (AvgIpc) is 3.03. The van der Waals surface area contributed by atoms with E-state index in [4.69, 9.17) is 10.5 Å². The fourth-order valence-electron chi connectivity index (χ4n) is 2.38. The second-order valence-corrected chi connectivity index (χ2v) is 5.00. The van der Waals surface area contributed by atoms with E-state index < -0.39 is 0 Å².